The van der Waals surface area contributed by atoms with Crippen molar-refractivity contribution in [1.82, 2.24) is 9.97 Å². The Morgan fingerprint density at radius 1 is 1.08 bits per heavy atom. The molecule has 1 aromatic heterocycles. The molecule has 0 bridgehead atoms. The number of aromatic nitrogens is 2. The summed E-state index contributed by atoms with van der Waals surface area (Å²) in [5.74, 6) is 1.50. The summed E-state index contributed by atoms with van der Waals surface area (Å²) < 4.78 is 0. The minimum absolute atomic E-state index is 0.0540. The van der Waals surface area contributed by atoms with E-state index in [4.69, 9.17) is 4.98 Å². The molecule has 1 N–H and O–H groups in total. The number of Topliss-reactive ketones (excluding diaryl/α,β-unsaturated/α-hetero) is 1. The molecule has 1 aliphatic rings. The zero-order chi connectivity index (χ0) is 18.1. The molecule has 0 spiro atoms. The van der Waals surface area contributed by atoms with Crippen molar-refractivity contribution in [3.05, 3.63) is 71.4 Å². The molecule has 5 nitrogen and oxygen atoms in total. The van der Waals surface area contributed by atoms with Gasteiger partial charge in [0.2, 0.25) is 5.95 Å². The van der Waals surface area contributed by atoms with Crippen LogP contribution in [0.15, 0.2) is 54.6 Å². The Kier molecular flexibility index (Phi) is 4.13. The number of fused-ring (bicyclic) bond motifs is 1. The first-order valence-corrected chi connectivity index (χ1v) is 8.69. The number of nitrogens with zero attached hydrogens (tertiary/aromatic N) is 3. The number of nitrogens with one attached hydrogen (secondary N) is 1. The van der Waals surface area contributed by atoms with Gasteiger partial charge in [-0.05, 0) is 56.2 Å². The number of para-hydroxylation sites is 1. The monoisotopic (exact) mass is 344 g/mol. The summed E-state index contributed by atoms with van der Waals surface area (Å²) in [4.78, 5) is 22.8. The Bertz CT molecular complexity index is 966. The van der Waals surface area contributed by atoms with Crippen LogP contribution in [0.3, 0.4) is 0 Å². The molecule has 0 radical (unpaired) electrons. The van der Waals surface area contributed by atoms with Gasteiger partial charge >= 0.3 is 0 Å². The van der Waals surface area contributed by atoms with Crippen molar-refractivity contribution in [2.75, 3.05) is 16.8 Å². The molecule has 0 amide bonds. The van der Waals surface area contributed by atoms with Crippen molar-refractivity contribution < 1.29 is 4.79 Å². The molecule has 5 heteroatoms. The summed E-state index contributed by atoms with van der Waals surface area (Å²) in [6.45, 7) is 4.45. The van der Waals surface area contributed by atoms with Crippen LogP contribution in [0.1, 0.15) is 28.5 Å². The number of aryl methyl sites for hydroxylation is 1. The summed E-state index contributed by atoms with van der Waals surface area (Å²) in [5, 5.41) is 3.24. The maximum absolute atomic E-state index is 11.4. The van der Waals surface area contributed by atoms with Crippen LogP contribution in [0.2, 0.25) is 0 Å². The van der Waals surface area contributed by atoms with Crippen molar-refractivity contribution in [3.8, 4) is 0 Å². The topological polar surface area (TPSA) is 58.1 Å². The molecule has 26 heavy (non-hydrogen) atoms. The van der Waals surface area contributed by atoms with E-state index < -0.39 is 0 Å². The second-order valence-corrected chi connectivity index (χ2v) is 6.48. The summed E-state index contributed by atoms with van der Waals surface area (Å²) in [6.07, 6.45) is 1.02. The van der Waals surface area contributed by atoms with Gasteiger partial charge in [0.15, 0.2) is 5.78 Å². The molecule has 0 atom stereocenters. The van der Waals surface area contributed by atoms with Crippen LogP contribution in [0.25, 0.3) is 0 Å². The van der Waals surface area contributed by atoms with Crippen molar-refractivity contribution in [3.63, 3.8) is 0 Å². The van der Waals surface area contributed by atoms with E-state index in [1.807, 2.05) is 25.1 Å². The molecule has 1 aliphatic heterocycles. The molecule has 0 unspecified atom stereocenters. The summed E-state index contributed by atoms with van der Waals surface area (Å²) in [5.41, 5.74) is 5.01. The number of hydrogen-bond acceptors (Lipinski definition) is 5. The van der Waals surface area contributed by atoms with E-state index >= 15 is 0 Å². The van der Waals surface area contributed by atoms with Gasteiger partial charge < -0.3 is 10.2 Å². The second-order valence-electron chi connectivity index (χ2n) is 6.48. The van der Waals surface area contributed by atoms with Crippen LogP contribution in [-0.4, -0.2) is 22.3 Å². The van der Waals surface area contributed by atoms with Gasteiger partial charge in [0, 0.05) is 35.2 Å². The predicted octanol–water partition coefficient (Wildman–Crippen LogP) is 4.43. The number of carbonyl (C=O) groups excluding carboxylic acids is 1. The highest BCUT2D eigenvalue weighted by atomic mass is 16.1. The third-order valence-electron chi connectivity index (χ3n) is 4.55. The van der Waals surface area contributed by atoms with Gasteiger partial charge in [-0.3, -0.25) is 4.79 Å². The van der Waals surface area contributed by atoms with E-state index in [0.29, 0.717) is 11.5 Å². The smallest absolute Gasteiger partial charge is 0.229 e. The zero-order valence-corrected chi connectivity index (χ0v) is 14.9. The lowest BCUT2D eigenvalue weighted by Gasteiger charge is -2.19. The number of anilines is 4. The zero-order valence-electron chi connectivity index (χ0n) is 14.9. The first-order chi connectivity index (χ1) is 12.6. The van der Waals surface area contributed by atoms with E-state index in [1.54, 1.807) is 19.1 Å². The quantitative estimate of drug-likeness (QED) is 0.710. The Hall–Kier alpha value is -3.21. The normalized spacial score (nSPS) is 12.8. The van der Waals surface area contributed by atoms with Crippen LogP contribution in [0, 0.1) is 6.92 Å². The van der Waals surface area contributed by atoms with Gasteiger partial charge in [-0.15, -0.1) is 0 Å². The highest BCUT2D eigenvalue weighted by Gasteiger charge is 2.21. The van der Waals surface area contributed by atoms with Crippen molar-refractivity contribution in [1.29, 1.82) is 0 Å². The highest BCUT2D eigenvalue weighted by molar-refractivity contribution is 5.94. The lowest BCUT2D eigenvalue weighted by Crippen LogP contribution is -2.16. The maximum Gasteiger partial charge on any atom is 0.229 e. The molecule has 0 fully saturated rings. The van der Waals surface area contributed by atoms with E-state index in [9.17, 15) is 4.79 Å². The lowest BCUT2D eigenvalue weighted by molar-refractivity contribution is 0.101. The number of ketones is 1. The Balaban J connectivity index is 1.62. The number of benzene rings is 2. The molecule has 4 rings (SSSR count). The van der Waals surface area contributed by atoms with Crippen molar-refractivity contribution >= 4 is 28.9 Å². The molecular formula is C21H20N4O. The van der Waals surface area contributed by atoms with E-state index in [-0.39, 0.29) is 5.78 Å². The average molecular weight is 344 g/mol. The molecule has 2 aromatic carbocycles. The standard InChI is InChI=1S/C21H20N4O/c1-14-13-20(25-12-11-17-5-3-4-6-19(17)25)24-21(22-14)23-18-9-7-16(8-10-18)15(2)26/h3-10,13H,11-12H2,1-2H3,(H,22,23,24). The molecule has 0 saturated heterocycles. The number of rotatable bonds is 4. The first-order valence-electron chi connectivity index (χ1n) is 8.69. The van der Waals surface area contributed by atoms with Crippen molar-refractivity contribution in [2.24, 2.45) is 0 Å². The van der Waals surface area contributed by atoms with Crippen LogP contribution in [0.4, 0.5) is 23.1 Å². The molecule has 0 aliphatic carbocycles. The fourth-order valence-electron chi connectivity index (χ4n) is 3.24. The van der Waals surface area contributed by atoms with Crippen LogP contribution < -0.4 is 10.2 Å². The van der Waals surface area contributed by atoms with E-state index in [1.165, 1.54) is 11.3 Å². The van der Waals surface area contributed by atoms with Gasteiger partial charge in [0.1, 0.15) is 5.82 Å². The average Bonchev–Trinajstić information content (AvgIpc) is 3.06. The molecule has 130 valence electrons. The van der Waals surface area contributed by atoms with Gasteiger partial charge in [0.05, 0.1) is 0 Å². The van der Waals surface area contributed by atoms with Crippen LogP contribution >= 0.6 is 0 Å². The van der Waals surface area contributed by atoms with Gasteiger partial charge in [0.25, 0.3) is 0 Å². The number of hydrogen-bond donors (Lipinski definition) is 1. The molecular weight excluding hydrogens is 324 g/mol. The van der Waals surface area contributed by atoms with Gasteiger partial charge in [-0.1, -0.05) is 18.2 Å². The fourth-order valence-corrected chi connectivity index (χ4v) is 3.24. The summed E-state index contributed by atoms with van der Waals surface area (Å²) >= 11 is 0. The summed E-state index contributed by atoms with van der Waals surface area (Å²) in [6, 6.07) is 17.8. The minimum Gasteiger partial charge on any atom is -0.326 e. The predicted molar refractivity (Wildman–Crippen MR) is 104 cm³/mol. The van der Waals surface area contributed by atoms with Crippen LogP contribution in [-0.2, 0) is 6.42 Å². The maximum atomic E-state index is 11.4. The summed E-state index contributed by atoms with van der Waals surface area (Å²) in [7, 11) is 0. The lowest BCUT2D eigenvalue weighted by atomic mass is 10.1. The third-order valence-corrected chi connectivity index (χ3v) is 4.55. The van der Waals surface area contributed by atoms with Gasteiger partial charge in [-0.2, -0.15) is 4.98 Å². The minimum atomic E-state index is 0.0540. The van der Waals surface area contributed by atoms with E-state index in [0.717, 1.165) is 30.2 Å². The molecule has 2 heterocycles. The SMILES string of the molecule is CC(=O)c1ccc(Nc2nc(C)cc(N3CCc4ccccc43)n2)cc1. The Labute approximate surface area is 152 Å². The highest BCUT2D eigenvalue weighted by Crippen LogP contribution is 2.33. The number of carbonyl (C=O) groups is 1. The fraction of sp³-hybridized carbons (Fsp3) is 0.190. The molecule has 3 aromatic rings. The van der Waals surface area contributed by atoms with Crippen molar-refractivity contribution in [2.45, 2.75) is 20.3 Å². The first kappa shape index (κ1) is 16.3. The largest absolute Gasteiger partial charge is 0.326 e. The Morgan fingerprint density at radius 2 is 1.85 bits per heavy atom. The van der Waals surface area contributed by atoms with Gasteiger partial charge in [-0.25, -0.2) is 4.98 Å². The molecule has 0 saturated carbocycles. The Morgan fingerprint density at radius 3 is 2.62 bits per heavy atom. The van der Waals surface area contributed by atoms with Crippen LogP contribution in [0.5, 0.6) is 0 Å². The second kappa shape index (κ2) is 6.59. The van der Waals surface area contributed by atoms with E-state index in [2.05, 4.69) is 39.5 Å². The third kappa shape index (κ3) is 3.16.